The zero-order chi connectivity index (χ0) is 10.1. The lowest BCUT2D eigenvalue weighted by molar-refractivity contribution is 0.112. The van der Waals surface area contributed by atoms with Crippen LogP contribution in [0.15, 0.2) is 18.2 Å². The second-order valence-electron chi connectivity index (χ2n) is 3.07. The molecule has 0 atom stereocenters. The fourth-order valence-corrected chi connectivity index (χ4v) is 2.46. The molecule has 0 spiro atoms. The Hall–Kier alpha value is -1.35. The molecule has 0 fully saturated rings. The maximum Gasteiger partial charge on any atom is 0.160 e. The summed E-state index contributed by atoms with van der Waals surface area (Å²) in [6.45, 7) is 1.96. The SMILES string of the molecule is COc1ccc2sc(C=O)c(C)c2c1. The van der Waals surface area contributed by atoms with Crippen LogP contribution in [0.2, 0.25) is 0 Å². The van der Waals surface area contributed by atoms with Gasteiger partial charge in [-0.05, 0) is 36.1 Å². The van der Waals surface area contributed by atoms with Crippen molar-refractivity contribution in [1.29, 1.82) is 0 Å². The number of aldehydes is 1. The molecular formula is C11H10O2S. The average Bonchev–Trinajstić information content (AvgIpc) is 2.55. The standard InChI is InChI=1S/C11H10O2S/c1-7-9-5-8(13-2)3-4-10(9)14-11(7)6-12/h3-6H,1-2H3. The smallest absolute Gasteiger partial charge is 0.160 e. The van der Waals surface area contributed by atoms with Crippen LogP contribution in [0.5, 0.6) is 5.75 Å². The molecule has 0 saturated carbocycles. The molecule has 0 radical (unpaired) electrons. The van der Waals surface area contributed by atoms with Gasteiger partial charge in [0.05, 0.1) is 12.0 Å². The zero-order valence-corrected chi connectivity index (χ0v) is 8.85. The highest BCUT2D eigenvalue weighted by atomic mass is 32.1. The summed E-state index contributed by atoms with van der Waals surface area (Å²) >= 11 is 1.52. The first-order valence-corrected chi connectivity index (χ1v) is 5.10. The summed E-state index contributed by atoms with van der Waals surface area (Å²) in [6.07, 6.45) is 0.909. The zero-order valence-electron chi connectivity index (χ0n) is 8.03. The van der Waals surface area contributed by atoms with Gasteiger partial charge in [-0.3, -0.25) is 4.79 Å². The number of hydrogen-bond acceptors (Lipinski definition) is 3. The minimum Gasteiger partial charge on any atom is -0.497 e. The molecule has 0 unspecified atom stereocenters. The first-order valence-electron chi connectivity index (χ1n) is 4.28. The van der Waals surface area contributed by atoms with Crippen LogP contribution in [-0.2, 0) is 0 Å². The highest BCUT2D eigenvalue weighted by Crippen LogP contribution is 2.32. The summed E-state index contributed by atoms with van der Waals surface area (Å²) in [7, 11) is 1.64. The number of methoxy groups -OCH3 is 1. The predicted octanol–water partition coefficient (Wildman–Crippen LogP) is 3.03. The van der Waals surface area contributed by atoms with Crippen LogP contribution in [0.4, 0.5) is 0 Å². The van der Waals surface area contributed by atoms with Gasteiger partial charge in [-0.25, -0.2) is 0 Å². The Bertz CT molecular complexity index is 485. The molecule has 3 heteroatoms. The summed E-state index contributed by atoms with van der Waals surface area (Å²) in [6, 6.07) is 5.86. The number of hydrogen-bond donors (Lipinski definition) is 0. The number of carbonyl (C=O) groups excluding carboxylic acids is 1. The molecule has 0 saturated heterocycles. The van der Waals surface area contributed by atoms with E-state index in [9.17, 15) is 4.79 Å². The largest absolute Gasteiger partial charge is 0.497 e. The Morgan fingerprint density at radius 3 is 2.86 bits per heavy atom. The van der Waals surface area contributed by atoms with Crippen molar-refractivity contribution in [3.63, 3.8) is 0 Å². The van der Waals surface area contributed by atoms with Crippen LogP contribution in [0.1, 0.15) is 15.2 Å². The molecule has 0 aliphatic heterocycles. The van der Waals surface area contributed by atoms with E-state index in [1.165, 1.54) is 11.3 Å². The van der Waals surface area contributed by atoms with Crippen molar-refractivity contribution >= 4 is 27.7 Å². The minimum atomic E-state index is 0.799. The van der Waals surface area contributed by atoms with Crippen LogP contribution >= 0.6 is 11.3 Å². The summed E-state index contributed by atoms with van der Waals surface area (Å²) in [5.41, 5.74) is 1.04. The van der Waals surface area contributed by atoms with Crippen molar-refractivity contribution in [2.24, 2.45) is 0 Å². The summed E-state index contributed by atoms with van der Waals surface area (Å²) in [5, 5.41) is 1.11. The Morgan fingerprint density at radius 1 is 1.43 bits per heavy atom. The van der Waals surface area contributed by atoms with Gasteiger partial charge in [0.1, 0.15) is 5.75 Å². The van der Waals surface area contributed by atoms with Crippen LogP contribution < -0.4 is 4.74 Å². The first kappa shape index (κ1) is 9.21. The van der Waals surface area contributed by atoms with E-state index in [-0.39, 0.29) is 0 Å². The third kappa shape index (κ3) is 1.30. The first-order chi connectivity index (χ1) is 6.76. The van der Waals surface area contributed by atoms with Crippen molar-refractivity contribution in [3.05, 3.63) is 28.6 Å². The molecule has 1 aromatic heterocycles. The van der Waals surface area contributed by atoms with E-state index < -0.39 is 0 Å². The topological polar surface area (TPSA) is 26.3 Å². The number of ether oxygens (including phenoxy) is 1. The summed E-state index contributed by atoms with van der Waals surface area (Å²) in [5.74, 6) is 0.829. The molecule has 2 nitrogen and oxygen atoms in total. The Balaban J connectivity index is 2.74. The Labute approximate surface area is 86.1 Å². The number of carbonyl (C=O) groups is 1. The van der Waals surface area contributed by atoms with Gasteiger partial charge in [0.15, 0.2) is 6.29 Å². The monoisotopic (exact) mass is 206 g/mol. The van der Waals surface area contributed by atoms with Crippen molar-refractivity contribution < 1.29 is 9.53 Å². The van der Waals surface area contributed by atoms with Gasteiger partial charge in [-0.2, -0.15) is 0 Å². The molecule has 1 aromatic carbocycles. The molecule has 0 aliphatic carbocycles. The molecule has 0 amide bonds. The Kier molecular flexibility index (Phi) is 2.25. The molecule has 0 bridgehead atoms. The van der Waals surface area contributed by atoms with Crippen LogP contribution in [-0.4, -0.2) is 13.4 Å². The molecule has 2 aromatic rings. The third-order valence-corrected chi connectivity index (χ3v) is 3.49. The van der Waals surface area contributed by atoms with Crippen molar-refractivity contribution in [3.8, 4) is 5.75 Å². The maximum atomic E-state index is 10.7. The van der Waals surface area contributed by atoms with Gasteiger partial charge in [-0.1, -0.05) is 0 Å². The third-order valence-electron chi connectivity index (χ3n) is 2.29. The molecule has 14 heavy (non-hydrogen) atoms. The fraction of sp³-hybridized carbons (Fsp3) is 0.182. The Morgan fingerprint density at radius 2 is 2.21 bits per heavy atom. The van der Waals surface area contributed by atoms with Crippen LogP contribution in [0.25, 0.3) is 10.1 Å². The highest BCUT2D eigenvalue weighted by Gasteiger charge is 2.07. The van der Waals surface area contributed by atoms with Gasteiger partial charge in [0.2, 0.25) is 0 Å². The molecule has 0 N–H and O–H groups in total. The molecular weight excluding hydrogens is 196 g/mol. The van der Waals surface area contributed by atoms with E-state index in [2.05, 4.69) is 0 Å². The van der Waals surface area contributed by atoms with E-state index in [1.807, 2.05) is 25.1 Å². The van der Waals surface area contributed by atoms with E-state index in [4.69, 9.17) is 4.74 Å². The lowest BCUT2D eigenvalue weighted by atomic mass is 10.1. The number of fused-ring (bicyclic) bond motifs is 1. The van der Waals surface area contributed by atoms with E-state index >= 15 is 0 Å². The van der Waals surface area contributed by atoms with E-state index in [0.29, 0.717) is 0 Å². The van der Waals surface area contributed by atoms with Crippen LogP contribution in [0, 0.1) is 6.92 Å². The average molecular weight is 206 g/mol. The second kappa shape index (κ2) is 3.42. The molecule has 2 rings (SSSR count). The second-order valence-corrected chi connectivity index (χ2v) is 4.16. The lowest BCUT2D eigenvalue weighted by Crippen LogP contribution is -1.81. The van der Waals surface area contributed by atoms with Crippen molar-refractivity contribution in [2.45, 2.75) is 6.92 Å². The van der Waals surface area contributed by atoms with Gasteiger partial charge in [-0.15, -0.1) is 11.3 Å². The molecule has 0 aliphatic rings. The minimum absolute atomic E-state index is 0.799. The number of aryl methyl sites for hydroxylation is 1. The molecule has 1 heterocycles. The predicted molar refractivity (Wildman–Crippen MR) is 58.5 cm³/mol. The number of benzene rings is 1. The fourth-order valence-electron chi connectivity index (χ4n) is 1.46. The maximum absolute atomic E-state index is 10.7. The van der Waals surface area contributed by atoms with Crippen LogP contribution in [0.3, 0.4) is 0 Å². The summed E-state index contributed by atoms with van der Waals surface area (Å²) in [4.78, 5) is 11.5. The van der Waals surface area contributed by atoms with Crippen molar-refractivity contribution in [2.75, 3.05) is 7.11 Å². The molecule has 72 valence electrons. The lowest BCUT2D eigenvalue weighted by Gasteiger charge is -1.98. The highest BCUT2D eigenvalue weighted by molar-refractivity contribution is 7.20. The van der Waals surface area contributed by atoms with Gasteiger partial charge >= 0.3 is 0 Å². The van der Waals surface area contributed by atoms with Gasteiger partial charge in [0, 0.05) is 4.70 Å². The normalized spacial score (nSPS) is 10.4. The summed E-state index contributed by atoms with van der Waals surface area (Å²) < 4.78 is 6.27. The quantitative estimate of drug-likeness (QED) is 0.706. The van der Waals surface area contributed by atoms with Gasteiger partial charge < -0.3 is 4.74 Å². The van der Waals surface area contributed by atoms with Crippen molar-refractivity contribution in [1.82, 2.24) is 0 Å². The van der Waals surface area contributed by atoms with E-state index in [1.54, 1.807) is 7.11 Å². The number of thiophene rings is 1. The van der Waals surface area contributed by atoms with E-state index in [0.717, 1.165) is 32.6 Å². The number of rotatable bonds is 2. The van der Waals surface area contributed by atoms with Gasteiger partial charge in [0.25, 0.3) is 0 Å².